The Balaban J connectivity index is 1.25. The molecule has 0 N–H and O–H groups in total. The minimum absolute atomic E-state index is 0.286. The molecule has 0 spiro atoms. The summed E-state index contributed by atoms with van der Waals surface area (Å²) in [6.45, 7) is 3.98. The zero-order chi connectivity index (χ0) is 14.4. The summed E-state index contributed by atoms with van der Waals surface area (Å²) in [5.41, 5.74) is 0. The summed E-state index contributed by atoms with van der Waals surface area (Å²) >= 11 is 0. The van der Waals surface area contributed by atoms with E-state index in [1.54, 1.807) is 0 Å². The number of carbonyl (C=O) groups is 1. The fourth-order valence-electron chi connectivity index (χ4n) is 6.23. The maximum atomic E-state index is 11.0. The summed E-state index contributed by atoms with van der Waals surface area (Å²) in [6.07, 6.45) is 14.3. The molecule has 2 nitrogen and oxygen atoms in total. The Bertz CT molecular complexity index is 466. The van der Waals surface area contributed by atoms with Crippen LogP contribution in [0.25, 0.3) is 0 Å². The van der Waals surface area contributed by atoms with Crippen molar-refractivity contribution < 1.29 is 9.53 Å². The lowest BCUT2D eigenvalue weighted by atomic mass is 9.68. The van der Waals surface area contributed by atoms with E-state index >= 15 is 0 Å². The molecule has 114 valence electrons. The summed E-state index contributed by atoms with van der Waals surface area (Å²) in [4.78, 5) is 11.0. The number of esters is 1. The van der Waals surface area contributed by atoms with Gasteiger partial charge in [0.25, 0.3) is 0 Å². The zero-order valence-electron chi connectivity index (χ0n) is 12.7. The second kappa shape index (κ2) is 5.30. The van der Waals surface area contributed by atoms with Crippen LogP contribution in [0, 0.1) is 41.4 Å². The molecule has 0 aromatic carbocycles. The lowest BCUT2D eigenvalue weighted by molar-refractivity contribution is -0.137. The van der Waals surface area contributed by atoms with Gasteiger partial charge < -0.3 is 4.74 Å². The Hall–Kier alpha value is -1.05. The van der Waals surface area contributed by atoms with Gasteiger partial charge in [-0.3, -0.25) is 0 Å². The standard InChI is InChI=1S/C19H26O2/c1-2-17(20)21-8-4-3-5-12-9-15-11-16(12)19-14-7-6-13(10-14)18(15)19/h2,6-7,12-16,18-19H,1,3-5,8-11H2. The third-order valence-corrected chi connectivity index (χ3v) is 6.79. The normalized spacial score (nSPS) is 45.0. The van der Waals surface area contributed by atoms with Crippen molar-refractivity contribution in [2.24, 2.45) is 41.4 Å². The SMILES string of the molecule is C=CC(=O)OCCCCC1CC2CC1C1C3C=CC(C3)C21. The Labute approximate surface area is 127 Å². The highest BCUT2D eigenvalue weighted by molar-refractivity contribution is 5.81. The highest BCUT2D eigenvalue weighted by Gasteiger charge is 2.60. The number of hydrogen-bond acceptors (Lipinski definition) is 2. The van der Waals surface area contributed by atoms with Crippen LogP contribution in [-0.2, 0) is 9.53 Å². The molecule has 2 heteroatoms. The first-order valence-corrected chi connectivity index (χ1v) is 8.75. The zero-order valence-corrected chi connectivity index (χ0v) is 12.7. The fraction of sp³-hybridized carbons (Fsp3) is 0.737. The molecule has 21 heavy (non-hydrogen) atoms. The van der Waals surface area contributed by atoms with Gasteiger partial charge in [-0.2, -0.15) is 0 Å². The molecule has 0 amide bonds. The van der Waals surface area contributed by atoms with Crippen molar-refractivity contribution in [3.05, 3.63) is 24.8 Å². The summed E-state index contributed by atoms with van der Waals surface area (Å²) in [5, 5.41) is 0. The van der Waals surface area contributed by atoms with E-state index in [-0.39, 0.29) is 5.97 Å². The van der Waals surface area contributed by atoms with Crippen molar-refractivity contribution in [2.45, 2.75) is 38.5 Å². The monoisotopic (exact) mass is 286 g/mol. The lowest BCUT2D eigenvalue weighted by Crippen LogP contribution is -2.30. The van der Waals surface area contributed by atoms with Crippen LogP contribution in [0.2, 0.25) is 0 Å². The number of rotatable bonds is 6. The number of hydrogen-bond donors (Lipinski definition) is 0. The van der Waals surface area contributed by atoms with Crippen LogP contribution in [0.5, 0.6) is 0 Å². The maximum Gasteiger partial charge on any atom is 0.330 e. The van der Waals surface area contributed by atoms with E-state index in [1.165, 1.54) is 38.2 Å². The van der Waals surface area contributed by atoms with Crippen LogP contribution in [-0.4, -0.2) is 12.6 Å². The van der Waals surface area contributed by atoms with Crippen molar-refractivity contribution in [2.75, 3.05) is 6.61 Å². The van der Waals surface area contributed by atoms with Gasteiger partial charge in [0.05, 0.1) is 6.61 Å². The van der Waals surface area contributed by atoms with Crippen LogP contribution in [0.3, 0.4) is 0 Å². The average molecular weight is 286 g/mol. The third-order valence-electron chi connectivity index (χ3n) is 6.79. The van der Waals surface area contributed by atoms with Gasteiger partial charge in [-0.1, -0.05) is 25.2 Å². The smallest absolute Gasteiger partial charge is 0.330 e. The molecule has 0 heterocycles. The van der Waals surface area contributed by atoms with Gasteiger partial charge in [-0.05, 0) is 73.5 Å². The van der Waals surface area contributed by atoms with Crippen molar-refractivity contribution in [3.8, 4) is 0 Å². The molecule has 0 aliphatic heterocycles. The van der Waals surface area contributed by atoms with Crippen LogP contribution in [0.4, 0.5) is 0 Å². The molecule has 7 atom stereocenters. The summed E-state index contributed by atoms with van der Waals surface area (Å²) in [6, 6.07) is 0. The molecule has 4 rings (SSSR count). The molecule has 4 bridgehead atoms. The van der Waals surface area contributed by atoms with E-state index < -0.39 is 0 Å². The van der Waals surface area contributed by atoms with E-state index in [2.05, 4.69) is 18.7 Å². The van der Waals surface area contributed by atoms with Crippen molar-refractivity contribution in [1.29, 1.82) is 0 Å². The molecular weight excluding hydrogens is 260 g/mol. The van der Waals surface area contributed by atoms with Crippen LogP contribution in [0.1, 0.15) is 38.5 Å². The number of fused-ring (bicyclic) bond motifs is 9. The van der Waals surface area contributed by atoms with Gasteiger partial charge in [-0.15, -0.1) is 0 Å². The number of carbonyl (C=O) groups excluding carboxylic acids is 1. The fourth-order valence-corrected chi connectivity index (χ4v) is 6.23. The first-order chi connectivity index (χ1) is 10.3. The topological polar surface area (TPSA) is 26.3 Å². The minimum atomic E-state index is -0.286. The van der Waals surface area contributed by atoms with E-state index in [9.17, 15) is 4.79 Å². The van der Waals surface area contributed by atoms with E-state index in [4.69, 9.17) is 4.74 Å². The van der Waals surface area contributed by atoms with Gasteiger partial charge in [-0.25, -0.2) is 4.79 Å². The molecule has 4 aliphatic carbocycles. The first kappa shape index (κ1) is 13.6. The van der Waals surface area contributed by atoms with Crippen LogP contribution >= 0.6 is 0 Å². The lowest BCUT2D eigenvalue weighted by Gasteiger charge is -2.36. The molecule has 3 saturated carbocycles. The maximum absolute atomic E-state index is 11.0. The Morgan fingerprint density at radius 3 is 2.76 bits per heavy atom. The minimum Gasteiger partial charge on any atom is -0.463 e. The number of unbranched alkanes of at least 4 members (excludes halogenated alkanes) is 1. The second-order valence-electron chi connectivity index (χ2n) is 7.63. The Morgan fingerprint density at radius 1 is 1.14 bits per heavy atom. The molecule has 0 aromatic heterocycles. The van der Waals surface area contributed by atoms with Crippen molar-refractivity contribution in [3.63, 3.8) is 0 Å². The molecule has 0 saturated heterocycles. The number of allylic oxidation sites excluding steroid dienone is 2. The van der Waals surface area contributed by atoms with Gasteiger partial charge >= 0.3 is 5.97 Å². The van der Waals surface area contributed by atoms with E-state index in [1.807, 2.05) is 0 Å². The first-order valence-electron chi connectivity index (χ1n) is 8.75. The molecule has 4 aliphatic rings. The molecular formula is C19H26O2. The van der Waals surface area contributed by atoms with Gasteiger partial charge in [0, 0.05) is 6.08 Å². The van der Waals surface area contributed by atoms with Gasteiger partial charge in [0.15, 0.2) is 0 Å². The highest BCUT2D eigenvalue weighted by atomic mass is 16.5. The summed E-state index contributed by atoms with van der Waals surface area (Å²) in [5.74, 6) is 6.66. The molecule has 7 unspecified atom stereocenters. The Kier molecular flexibility index (Phi) is 3.43. The van der Waals surface area contributed by atoms with Crippen LogP contribution < -0.4 is 0 Å². The van der Waals surface area contributed by atoms with Crippen molar-refractivity contribution in [1.82, 2.24) is 0 Å². The van der Waals surface area contributed by atoms with Gasteiger partial charge in [0.1, 0.15) is 0 Å². The van der Waals surface area contributed by atoms with E-state index in [0.29, 0.717) is 6.61 Å². The molecule has 3 fully saturated rings. The predicted octanol–water partition coefficient (Wildman–Crippen LogP) is 3.98. The summed E-state index contributed by atoms with van der Waals surface area (Å²) < 4.78 is 5.06. The van der Waals surface area contributed by atoms with E-state index in [0.717, 1.165) is 47.8 Å². The summed E-state index contributed by atoms with van der Waals surface area (Å²) in [7, 11) is 0. The van der Waals surface area contributed by atoms with Crippen LogP contribution in [0.15, 0.2) is 24.8 Å². The molecule has 0 aromatic rings. The predicted molar refractivity (Wildman–Crippen MR) is 82.4 cm³/mol. The largest absolute Gasteiger partial charge is 0.463 e. The highest BCUT2D eigenvalue weighted by Crippen LogP contribution is 2.67. The average Bonchev–Trinajstić information content (AvgIpc) is 3.24. The van der Waals surface area contributed by atoms with Gasteiger partial charge in [0.2, 0.25) is 0 Å². The Morgan fingerprint density at radius 2 is 1.95 bits per heavy atom. The second-order valence-corrected chi connectivity index (χ2v) is 7.63. The third kappa shape index (κ3) is 2.18. The van der Waals surface area contributed by atoms with Crippen molar-refractivity contribution >= 4 is 5.97 Å². The quantitative estimate of drug-likeness (QED) is 0.243. The number of ether oxygens (including phenoxy) is 1. The molecule has 0 radical (unpaired) electrons.